The van der Waals surface area contributed by atoms with Crippen LogP contribution in [-0.4, -0.2) is 65.2 Å². The zero-order chi connectivity index (χ0) is 27.9. The normalized spacial score (nSPS) is 32.6. The van der Waals surface area contributed by atoms with Gasteiger partial charge in [0.2, 0.25) is 23.6 Å². The molecule has 0 aromatic heterocycles. The molecule has 3 fully saturated rings. The summed E-state index contributed by atoms with van der Waals surface area (Å²) < 4.78 is 11.2. The van der Waals surface area contributed by atoms with Crippen molar-refractivity contribution in [2.24, 2.45) is 29.1 Å². The molecule has 0 spiro atoms. The summed E-state index contributed by atoms with van der Waals surface area (Å²) in [5.74, 6) is -5.66. The second kappa shape index (κ2) is 8.61. The molecular weight excluding hydrogens is 492 g/mol. The van der Waals surface area contributed by atoms with E-state index < -0.39 is 46.8 Å². The number of esters is 2. The van der Waals surface area contributed by atoms with Gasteiger partial charge in [-0.25, -0.2) is 0 Å². The summed E-state index contributed by atoms with van der Waals surface area (Å²) in [4.78, 5) is 80.3. The van der Waals surface area contributed by atoms with Crippen molar-refractivity contribution in [3.8, 4) is 0 Å². The first-order valence-electron chi connectivity index (χ1n) is 13.1. The van der Waals surface area contributed by atoms with Gasteiger partial charge in [0.25, 0.3) is 5.79 Å². The van der Waals surface area contributed by atoms with Crippen LogP contribution in [0.2, 0.25) is 0 Å². The highest BCUT2D eigenvalue weighted by atomic mass is 16.7. The second-order valence-corrected chi connectivity index (χ2v) is 12.1. The van der Waals surface area contributed by atoms with Crippen LogP contribution in [0.5, 0.6) is 0 Å². The highest BCUT2D eigenvalue weighted by Crippen LogP contribution is 2.51. The SMILES string of the molecule is CC1=C(CC2(CC3=C(C)C[C@@H]4C(=O)N(C)C(=O)[C@@H]4C3)C(=O)OC(C)(C)OC2=O)C[C@H]2C(=O)N(C)C(=O)[C@H]2C1. The number of amides is 4. The number of fused-ring (bicyclic) bond motifs is 2. The van der Waals surface area contributed by atoms with Crippen molar-refractivity contribution in [1.29, 1.82) is 0 Å². The third kappa shape index (κ3) is 3.82. The van der Waals surface area contributed by atoms with E-state index in [9.17, 15) is 28.8 Å². The van der Waals surface area contributed by atoms with E-state index in [1.165, 1.54) is 27.9 Å². The van der Waals surface area contributed by atoms with Crippen LogP contribution in [0.4, 0.5) is 0 Å². The van der Waals surface area contributed by atoms with E-state index in [0.717, 1.165) is 32.1 Å². The number of hydrogen-bond acceptors (Lipinski definition) is 8. The van der Waals surface area contributed by atoms with Crippen molar-refractivity contribution in [3.63, 3.8) is 0 Å². The fourth-order valence-electron chi connectivity index (χ4n) is 6.92. The molecule has 0 aromatic rings. The third-order valence-electron chi connectivity index (χ3n) is 9.24. The number of cyclic esters (lactones) is 2. The van der Waals surface area contributed by atoms with Crippen molar-refractivity contribution in [2.45, 2.75) is 72.0 Å². The van der Waals surface area contributed by atoms with E-state index in [2.05, 4.69) is 0 Å². The number of ether oxygens (including phenoxy) is 2. The number of carbonyl (C=O) groups excluding carboxylic acids is 6. The van der Waals surface area contributed by atoms with Crippen LogP contribution in [0.15, 0.2) is 22.3 Å². The Morgan fingerprint density at radius 1 is 0.632 bits per heavy atom. The molecule has 0 radical (unpaired) electrons. The molecule has 204 valence electrons. The van der Waals surface area contributed by atoms with Gasteiger partial charge in [0.15, 0.2) is 5.41 Å². The van der Waals surface area contributed by atoms with Gasteiger partial charge in [-0.15, -0.1) is 0 Å². The number of likely N-dealkylation sites (tertiary alicyclic amines) is 2. The number of rotatable bonds is 4. The number of carbonyl (C=O) groups is 6. The number of imide groups is 2. The van der Waals surface area contributed by atoms with Crippen LogP contribution in [0, 0.1) is 29.1 Å². The molecule has 10 heteroatoms. The number of allylic oxidation sites excluding steroid dienone is 4. The van der Waals surface area contributed by atoms with Crippen molar-refractivity contribution in [2.75, 3.05) is 14.1 Å². The highest BCUT2D eigenvalue weighted by molar-refractivity contribution is 6.06. The van der Waals surface area contributed by atoms with E-state index in [0.29, 0.717) is 12.8 Å². The van der Waals surface area contributed by atoms with Gasteiger partial charge in [-0.2, -0.15) is 0 Å². The first kappa shape index (κ1) is 26.3. The maximum absolute atomic E-state index is 13.7. The van der Waals surface area contributed by atoms with Gasteiger partial charge in [-0.05, 0) is 52.4 Å². The molecule has 0 unspecified atom stereocenters. The first-order chi connectivity index (χ1) is 17.7. The summed E-state index contributed by atoms with van der Waals surface area (Å²) >= 11 is 0. The standard InChI is InChI=1S/C28H34N2O8/c1-13-7-17-19(23(33)29(5)21(17)31)9-15(13)11-28(25(35)37-27(3,4)38-26(28)36)12-16-10-20-18(8-14(16)2)22(32)30(6)24(20)34/h17-20H,7-12H2,1-6H3/t17-,18-,19+,20+/m0/s1. The molecule has 0 N–H and O–H groups in total. The minimum absolute atomic E-state index is 0.00135. The van der Waals surface area contributed by atoms with Crippen molar-refractivity contribution in [3.05, 3.63) is 22.3 Å². The quantitative estimate of drug-likeness (QED) is 0.236. The topological polar surface area (TPSA) is 127 Å². The average Bonchev–Trinajstić information content (AvgIpc) is 3.16. The monoisotopic (exact) mass is 526 g/mol. The van der Waals surface area contributed by atoms with E-state index >= 15 is 0 Å². The molecule has 3 heterocycles. The molecule has 38 heavy (non-hydrogen) atoms. The Morgan fingerprint density at radius 2 is 0.947 bits per heavy atom. The van der Waals surface area contributed by atoms with E-state index in [4.69, 9.17) is 9.47 Å². The molecule has 3 aliphatic heterocycles. The fraction of sp³-hybridized carbons (Fsp3) is 0.643. The van der Waals surface area contributed by atoms with E-state index in [-0.39, 0.29) is 49.3 Å². The van der Waals surface area contributed by atoms with Gasteiger partial charge in [0.1, 0.15) is 0 Å². The summed E-state index contributed by atoms with van der Waals surface area (Å²) in [5, 5.41) is 0. The summed E-state index contributed by atoms with van der Waals surface area (Å²) in [6.45, 7) is 6.73. The van der Waals surface area contributed by atoms with Crippen molar-refractivity contribution < 1.29 is 38.2 Å². The molecule has 3 saturated heterocycles. The zero-order valence-corrected chi connectivity index (χ0v) is 22.7. The van der Waals surface area contributed by atoms with Gasteiger partial charge in [0, 0.05) is 27.9 Å². The molecule has 5 aliphatic rings. The third-order valence-corrected chi connectivity index (χ3v) is 9.24. The molecule has 10 nitrogen and oxygen atoms in total. The summed E-state index contributed by atoms with van der Waals surface area (Å²) in [6, 6.07) is 0. The Bertz CT molecular complexity index is 1160. The summed E-state index contributed by atoms with van der Waals surface area (Å²) in [6.07, 6.45) is 1.32. The molecule has 2 aliphatic carbocycles. The lowest BCUT2D eigenvalue weighted by Crippen LogP contribution is -2.54. The number of hydrogen-bond donors (Lipinski definition) is 0. The molecule has 0 saturated carbocycles. The Morgan fingerprint density at radius 3 is 1.29 bits per heavy atom. The van der Waals surface area contributed by atoms with Gasteiger partial charge < -0.3 is 9.47 Å². The minimum Gasteiger partial charge on any atom is -0.422 e. The lowest BCUT2D eigenvalue weighted by atomic mass is 9.67. The molecule has 5 rings (SSSR count). The molecule has 0 bridgehead atoms. The minimum atomic E-state index is -1.70. The predicted octanol–water partition coefficient (Wildman–Crippen LogP) is 2.27. The lowest BCUT2D eigenvalue weighted by molar-refractivity contribution is -0.251. The van der Waals surface area contributed by atoms with Crippen LogP contribution in [0.3, 0.4) is 0 Å². The molecule has 0 aromatic carbocycles. The second-order valence-electron chi connectivity index (χ2n) is 12.1. The van der Waals surface area contributed by atoms with E-state index in [1.54, 1.807) is 0 Å². The first-order valence-corrected chi connectivity index (χ1v) is 13.1. The summed E-state index contributed by atoms with van der Waals surface area (Å²) in [5.41, 5.74) is 1.60. The maximum Gasteiger partial charge on any atom is 0.327 e. The fourth-order valence-corrected chi connectivity index (χ4v) is 6.92. The van der Waals surface area contributed by atoms with Crippen LogP contribution in [0.1, 0.15) is 66.2 Å². The van der Waals surface area contributed by atoms with Crippen molar-refractivity contribution >= 4 is 35.6 Å². The lowest BCUT2D eigenvalue weighted by Gasteiger charge is -2.42. The van der Waals surface area contributed by atoms with Gasteiger partial charge in [0.05, 0.1) is 23.7 Å². The molecule has 4 amide bonds. The highest BCUT2D eigenvalue weighted by Gasteiger charge is 2.59. The predicted molar refractivity (Wildman–Crippen MR) is 131 cm³/mol. The Labute approximate surface area is 221 Å². The van der Waals surface area contributed by atoms with E-state index in [1.807, 2.05) is 13.8 Å². The molecule has 4 atom stereocenters. The largest absolute Gasteiger partial charge is 0.422 e. The Hall–Kier alpha value is -3.30. The van der Waals surface area contributed by atoms with Crippen LogP contribution in [-0.2, 0) is 38.2 Å². The summed E-state index contributed by atoms with van der Waals surface area (Å²) in [7, 11) is 2.96. The Balaban J connectivity index is 1.50. The van der Waals surface area contributed by atoms with Crippen LogP contribution >= 0.6 is 0 Å². The van der Waals surface area contributed by atoms with Crippen LogP contribution in [0.25, 0.3) is 0 Å². The van der Waals surface area contributed by atoms with Crippen LogP contribution < -0.4 is 0 Å². The maximum atomic E-state index is 13.7. The Kier molecular flexibility index (Phi) is 5.96. The van der Waals surface area contributed by atoms with Gasteiger partial charge >= 0.3 is 11.9 Å². The smallest absolute Gasteiger partial charge is 0.327 e. The van der Waals surface area contributed by atoms with Gasteiger partial charge in [-0.3, -0.25) is 38.6 Å². The average molecular weight is 527 g/mol. The van der Waals surface area contributed by atoms with Gasteiger partial charge in [-0.1, -0.05) is 22.3 Å². The molecular formula is C28H34N2O8. The zero-order valence-electron chi connectivity index (χ0n) is 22.7. The van der Waals surface area contributed by atoms with Crippen molar-refractivity contribution in [1.82, 2.24) is 9.80 Å². The number of nitrogens with zero attached hydrogens (tertiary/aromatic N) is 2.